The van der Waals surface area contributed by atoms with E-state index in [4.69, 9.17) is 9.84 Å². The van der Waals surface area contributed by atoms with Crippen LogP contribution in [0, 0.1) is 5.82 Å². The van der Waals surface area contributed by atoms with Gasteiger partial charge in [-0.05, 0) is 44.5 Å². The fraction of sp³-hybridized carbons (Fsp3) is 0.500. The second kappa shape index (κ2) is 7.09. The minimum Gasteiger partial charge on any atom is -0.493 e. The van der Waals surface area contributed by atoms with Gasteiger partial charge < -0.3 is 15.2 Å². The van der Waals surface area contributed by atoms with E-state index in [-0.39, 0.29) is 31.4 Å². The van der Waals surface area contributed by atoms with Gasteiger partial charge in [-0.15, -0.1) is 0 Å². The Morgan fingerprint density at radius 2 is 2.00 bits per heavy atom. The number of carbonyl (C=O) groups excluding carboxylic acids is 1. The van der Waals surface area contributed by atoms with Gasteiger partial charge in [-0.3, -0.25) is 4.79 Å². The van der Waals surface area contributed by atoms with Crippen molar-refractivity contribution in [3.05, 3.63) is 30.1 Å². The van der Waals surface area contributed by atoms with E-state index in [1.807, 2.05) is 13.8 Å². The Kier molecular flexibility index (Phi) is 5.76. The van der Waals surface area contributed by atoms with Gasteiger partial charge in [-0.1, -0.05) is 0 Å². The van der Waals surface area contributed by atoms with Crippen molar-refractivity contribution in [1.29, 1.82) is 0 Å². The fourth-order valence-electron chi connectivity index (χ4n) is 1.57. The van der Waals surface area contributed by atoms with Crippen molar-refractivity contribution >= 4 is 5.91 Å². The van der Waals surface area contributed by atoms with Gasteiger partial charge in [0.15, 0.2) is 0 Å². The molecular formula is C14H20FNO3. The quantitative estimate of drug-likeness (QED) is 0.794. The predicted octanol–water partition coefficient (Wildman–Crippen LogP) is 1.87. The minimum absolute atomic E-state index is 0.0271. The molecule has 19 heavy (non-hydrogen) atoms. The molecule has 0 fully saturated rings. The first-order valence-electron chi connectivity index (χ1n) is 6.23. The molecule has 4 nitrogen and oxygen atoms in total. The standard InChI is InChI=1S/C14H20FNO3/c1-14(2,8-9-17)16-13(18)7-10-19-12-5-3-11(15)4-6-12/h3-6,17H,7-10H2,1-2H3,(H,16,18). The molecule has 0 aliphatic rings. The average molecular weight is 269 g/mol. The van der Waals surface area contributed by atoms with Crippen LogP contribution in [0.2, 0.25) is 0 Å². The summed E-state index contributed by atoms with van der Waals surface area (Å²) in [6.45, 7) is 3.95. The van der Waals surface area contributed by atoms with Crippen molar-refractivity contribution in [2.45, 2.75) is 32.2 Å². The van der Waals surface area contributed by atoms with E-state index in [0.717, 1.165) is 0 Å². The maximum absolute atomic E-state index is 12.7. The zero-order valence-electron chi connectivity index (χ0n) is 11.3. The molecule has 1 aromatic carbocycles. The van der Waals surface area contributed by atoms with Crippen LogP contribution in [0.5, 0.6) is 5.75 Å². The van der Waals surface area contributed by atoms with Gasteiger partial charge in [0.1, 0.15) is 11.6 Å². The lowest BCUT2D eigenvalue weighted by molar-refractivity contribution is -0.123. The average Bonchev–Trinajstić information content (AvgIpc) is 2.30. The summed E-state index contributed by atoms with van der Waals surface area (Å²) in [5, 5.41) is 11.7. The summed E-state index contributed by atoms with van der Waals surface area (Å²) in [5.41, 5.74) is -0.429. The summed E-state index contributed by atoms with van der Waals surface area (Å²) in [5.74, 6) is 0.0697. The third-order valence-corrected chi connectivity index (χ3v) is 2.63. The van der Waals surface area contributed by atoms with Crippen molar-refractivity contribution < 1.29 is 19.0 Å². The van der Waals surface area contributed by atoms with Crippen LogP contribution >= 0.6 is 0 Å². The molecule has 0 bridgehead atoms. The smallest absolute Gasteiger partial charge is 0.223 e. The molecule has 0 heterocycles. The molecule has 0 unspecified atom stereocenters. The lowest BCUT2D eigenvalue weighted by Gasteiger charge is -2.25. The maximum atomic E-state index is 12.7. The van der Waals surface area contributed by atoms with Crippen molar-refractivity contribution in [2.75, 3.05) is 13.2 Å². The van der Waals surface area contributed by atoms with E-state index in [2.05, 4.69) is 5.32 Å². The second-order valence-electron chi connectivity index (χ2n) is 4.96. The van der Waals surface area contributed by atoms with Crippen LogP contribution in [0.15, 0.2) is 24.3 Å². The van der Waals surface area contributed by atoms with Gasteiger partial charge >= 0.3 is 0 Å². The van der Waals surface area contributed by atoms with Crippen LogP contribution in [0.1, 0.15) is 26.7 Å². The van der Waals surface area contributed by atoms with E-state index in [9.17, 15) is 9.18 Å². The molecule has 2 N–H and O–H groups in total. The Labute approximate surface area is 112 Å². The summed E-state index contributed by atoms with van der Waals surface area (Å²) in [7, 11) is 0. The number of halogens is 1. The molecule has 5 heteroatoms. The molecule has 0 atom stereocenters. The van der Waals surface area contributed by atoms with E-state index in [1.54, 1.807) is 0 Å². The first kappa shape index (κ1) is 15.4. The Morgan fingerprint density at radius 3 is 2.58 bits per heavy atom. The van der Waals surface area contributed by atoms with Gasteiger partial charge in [0.05, 0.1) is 13.0 Å². The molecule has 0 aliphatic heterocycles. The van der Waals surface area contributed by atoms with Crippen LogP contribution in [-0.4, -0.2) is 29.8 Å². The number of ether oxygens (including phenoxy) is 1. The monoisotopic (exact) mass is 269 g/mol. The van der Waals surface area contributed by atoms with E-state index in [0.29, 0.717) is 12.2 Å². The summed E-state index contributed by atoms with van der Waals surface area (Å²) >= 11 is 0. The molecule has 0 saturated heterocycles. The maximum Gasteiger partial charge on any atom is 0.223 e. The van der Waals surface area contributed by atoms with Crippen LogP contribution < -0.4 is 10.1 Å². The Bertz CT molecular complexity index is 404. The van der Waals surface area contributed by atoms with Gasteiger partial charge in [-0.25, -0.2) is 4.39 Å². The number of amides is 1. The van der Waals surface area contributed by atoms with Crippen molar-refractivity contribution in [2.24, 2.45) is 0 Å². The molecule has 106 valence electrons. The molecule has 1 amide bonds. The molecule has 0 aliphatic carbocycles. The van der Waals surface area contributed by atoms with E-state index in [1.165, 1.54) is 24.3 Å². The first-order valence-corrected chi connectivity index (χ1v) is 6.23. The summed E-state index contributed by atoms with van der Waals surface area (Å²) in [6.07, 6.45) is 0.712. The third kappa shape index (κ3) is 6.20. The highest BCUT2D eigenvalue weighted by Crippen LogP contribution is 2.11. The molecule has 0 saturated carbocycles. The summed E-state index contributed by atoms with van der Waals surface area (Å²) in [6, 6.07) is 5.64. The molecule has 1 aromatic rings. The van der Waals surface area contributed by atoms with Crippen LogP contribution in [0.4, 0.5) is 4.39 Å². The van der Waals surface area contributed by atoms with Gasteiger partial charge in [-0.2, -0.15) is 0 Å². The fourth-order valence-corrected chi connectivity index (χ4v) is 1.57. The number of aliphatic hydroxyl groups is 1. The highest BCUT2D eigenvalue weighted by molar-refractivity contribution is 5.76. The highest BCUT2D eigenvalue weighted by Gasteiger charge is 2.19. The van der Waals surface area contributed by atoms with Crippen LogP contribution in [0.25, 0.3) is 0 Å². The molecular weight excluding hydrogens is 249 g/mol. The Balaban J connectivity index is 2.29. The van der Waals surface area contributed by atoms with Gasteiger partial charge in [0, 0.05) is 12.1 Å². The Morgan fingerprint density at radius 1 is 1.37 bits per heavy atom. The summed E-state index contributed by atoms with van der Waals surface area (Å²) < 4.78 is 18.0. The summed E-state index contributed by atoms with van der Waals surface area (Å²) in [4.78, 5) is 11.6. The second-order valence-corrected chi connectivity index (χ2v) is 4.96. The van der Waals surface area contributed by atoms with Gasteiger partial charge in [0.2, 0.25) is 5.91 Å². The number of hydrogen-bond acceptors (Lipinski definition) is 3. The number of benzene rings is 1. The van der Waals surface area contributed by atoms with Crippen LogP contribution in [0.3, 0.4) is 0 Å². The molecule has 1 rings (SSSR count). The van der Waals surface area contributed by atoms with Gasteiger partial charge in [0.25, 0.3) is 0 Å². The topological polar surface area (TPSA) is 58.6 Å². The number of nitrogens with one attached hydrogen (secondary N) is 1. The van der Waals surface area contributed by atoms with E-state index >= 15 is 0 Å². The lowest BCUT2D eigenvalue weighted by atomic mass is 10.0. The molecule has 0 aromatic heterocycles. The highest BCUT2D eigenvalue weighted by atomic mass is 19.1. The van der Waals surface area contributed by atoms with Crippen molar-refractivity contribution in [3.63, 3.8) is 0 Å². The number of hydrogen-bond donors (Lipinski definition) is 2. The molecule has 0 radical (unpaired) electrons. The zero-order chi connectivity index (χ0) is 14.3. The van der Waals surface area contributed by atoms with Crippen LogP contribution in [-0.2, 0) is 4.79 Å². The molecule has 0 spiro atoms. The Hall–Kier alpha value is -1.62. The number of rotatable bonds is 7. The third-order valence-electron chi connectivity index (χ3n) is 2.63. The van der Waals surface area contributed by atoms with E-state index < -0.39 is 5.54 Å². The lowest BCUT2D eigenvalue weighted by Crippen LogP contribution is -2.44. The normalized spacial score (nSPS) is 11.2. The predicted molar refractivity (Wildman–Crippen MR) is 70.4 cm³/mol. The number of carbonyl (C=O) groups is 1. The number of aliphatic hydroxyl groups excluding tert-OH is 1. The first-order chi connectivity index (χ1) is 8.93. The van der Waals surface area contributed by atoms with Crippen molar-refractivity contribution in [3.8, 4) is 5.75 Å². The SMILES string of the molecule is CC(C)(CCO)NC(=O)CCOc1ccc(F)cc1. The zero-order valence-corrected chi connectivity index (χ0v) is 11.3. The largest absolute Gasteiger partial charge is 0.493 e. The minimum atomic E-state index is -0.429. The van der Waals surface area contributed by atoms with Crippen molar-refractivity contribution in [1.82, 2.24) is 5.32 Å².